The number of hydrogen-bond acceptors (Lipinski definition) is 12. The second kappa shape index (κ2) is 10.0. The summed E-state index contributed by atoms with van der Waals surface area (Å²) in [4.78, 5) is 10.2. The topological polar surface area (TPSA) is 176 Å². The first kappa shape index (κ1) is 23.8. The van der Waals surface area contributed by atoms with Gasteiger partial charge < -0.3 is 45.0 Å². The Kier molecular flexibility index (Phi) is 8.84. The van der Waals surface area contributed by atoms with E-state index in [-0.39, 0.29) is 18.5 Å². The minimum Gasteiger partial charge on any atom is -0.386 e. The predicted octanol–water partition coefficient (Wildman–Crippen LogP) is -1.05. The molecule has 2 rings (SSSR count). The highest BCUT2D eigenvalue weighted by Crippen LogP contribution is 2.58. The van der Waals surface area contributed by atoms with Crippen LogP contribution >= 0.6 is 31.1 Å². The van der Waals surface area contributed by atoms with E-state index in [0.717, 1.165) is 0 Å². The third kappa shape index (κ3) is 6.25. The highest BCUT2D eigenvalue weighted by Gasteiger charge is 2.48. The summed E-state index contributed by atoms with van der Waals surface area (Å²) in [5, 5.41) is 20.1. The molecule has 0 saturated carbocycles. The van der Waals surface area contributed by atoms with Crippen molar-refractivity contribution in [2.75, 3.05) is 12.4 Å². The number of hydrogen-bond donors (Lipinski definition) is 6. The number of rotatable bonds is 9. The summed E-state index contributed by atoms with van der Waals surface area (Å²) >= 11 is 4.17. The summed E-state index contributed by atoms with van der Waals surface area (Å²) in [6.45, 7) is -0.760. The third-order valence-electron chi connectivity index (χ3n) is 4.07. The fraction of sp³-hybridized carbons (Fsp3) is 1.00. The van der Waals surface area contributed by atoms with Gasteiger partial charge in [-0.3, -0.25) is 4.52 Å². The minimum atomic E-state index is -4.24. The van der Waals surface area contributed by atoms with Gasteiger partial charge in [-0.05, 0) is 38.1 Å². The fourth-order valence-electron chi connectivity index (χ4n) is 2.84. The maximum absolute atomic E-state index is 12.5. The van der Waals surface area contributed by atoms with E-state index in [4.69, 9.17) is 30.2 Å². The first-order valence-electron chi connectivity index (χ1n) is 8.31. The molecule has 0 radical (unpaired) electrons. The molecule has 160 valence electrons. The van der Waals surface area contributed by atoms with E-state index in [1.807, 2.05) is 0 Å². The van der Waals surface area contributed by atoms with E-state index >= 15 is 0 Å². The lowest BCUT2D eigenvalue weighted by Crippen LogP contribution is -2.40. The van der Waals surface area contributed by atoms with Crippen LogP contribution in [0, 0.1) is 0 Å². The average molecular weight is 450 g/mol. The second-order valence-corrected chi connectivity index (χ2v) is 10.7. The molecular weight excluding hydrogens is 423 g/mol. The molecule has 2 aliphatic rings. The quantitative estimate of drug-likeness (QED) is 0.143. The molecule has 2 saturated heterocycles. The lowest BCUT2D eigenvalue weighted by atomic mass is 10.1. The van der Waals surface area contributed by atoms with Gasteiger partial charge in [0.15, 0.2) is 0 Å². The molecule has 0 aromatic carbocycles. The van der Waals surface area contributed by atoms with Crippen molar-refractivity contribution in [1.82, 2.24) is 0 Å². The van der Waals surface area contributed by atoms with Crippen molar-refractivity contribution in [1.29, 1.82) is 0 Å². The molecule has 0 amide bonds. The lowest BCUT2D eigenvalue weighted by Gasteiger charge is -2.25. The molecule has 2 heterocycles. The van der Waals surface area contributed by atoms with Gasteiger partial charge in [-0.2, -0.15) is 0 Å². The predicted molar refractivity (Wildman–Crippen MR) is 99.8 cm³/mol. The van der Waals surface area contributed by atoms with Crippen molar-refractivity contribution < 1.29 is 42.6 Å². The van der Waals surface area contributed by atoms with Crippen LogP contribution < -0.4 is 11.5 Å². The van der Waals surface area contributed by atoms with Crippen molar-refractivity contribution in [2.45, 2.75) is 69.0 Å². The molecular formula is C13H27N2O9PS2. The Morgan fingerprint density at radius 1 is 1.15 bits per heavy atom. The highest BCUT2D eigenvalue weighted by atomic mass is 32.7. The van der Waals surface area contributed by atoms with Crippen LogP contribution in [-0.2, 0) is 27.5 Å². The first-order valence-corrected chi connectivity index (χ1v) is 11.8. The number of aliphatic hydroxyl groups excluding tert-OH is 2. The van der Waals surface area contributed by atoms with Crippen LogP contribution in [0.1, 0.15) is 13.8 Å². The van der Waals surface area contributed by atoms with Crippen LogP contribution in [0.2, 0.25) is 0 Å². The van der Waals surface area contributed by atoms with Gasteiger partial charge in [0.2, 0.25) is 0 Å². The Labute approximate surface area is 166 Å². The van der Waals surface area contributed by atoms with E-state index in [1.165, 1.54) is 0 Å². The van der Waals surface area contributed by atoms with Crippen molar-refractivity contribution in [3.8, 4) is 0 Å². The third-order valence-corrected chi connectivity index (χ3v) is 7.22. The maximum Gasteiger partial charge on any atom is 0.387 e. The van der Waals surface area contributed by atoms with Crippen LogP contribution in [0.5, 0.6) is 0 Å². The summed E-state index contributed by atoms with van der Waals surface area (Å²) in [5.74, 6) is -0.0284. The van der Waals surface area contributed by atoms with Crippen LogP contribution in [0.4, 0.5) is 0 Å². The van der Waals surface area contributed by atoms with Crippen molar-refractivity contribution in [2.24, 2.45) is 11.5 Å². The Bertz CT molecular complexity index is 534. The molecule has 2 fully saturated rings. The average Bonchev–Trinajstić information content (AvgIpc) is 2.98. The van der Waals surface area contributed by atoms with Gasteiger partial charge in [-0.25, -0.2) is 4.57 Å². The molecule has 0 spiro atoms. The Morgan fingerprint density at radius 3 is 2.26 bits per heavy atom. The highest BCUT2D eigenvalue weighted by molar-refractivity contribution is 8.54. The summed E-state index contributed by atoms with van der Waals surface area (Å²) in [6.07, 6.45) is -8.09. The summed E-state index contributed by atoms with van der Waals surface area (Å²) < 4.78 is 38.6. The molecule has 7 N–H and O–H groups in total. The van der Waals surface area contributed by atoms with Crippen LogP contribution in [0.3, 0.4) is 0 Å². The molecule has 0 aromatic rings. The van der Waals surface area contributed by atoms with Gasteiger partial charge >= 0.3 is 6.80 Å². The molecule has 14 heteroatoms. The van der Waals surface area contributed by atoms with E-state index in [2.05, 4.69) is 17.1 Å². The Balaban J connectivity index is 1.96. The minimum absolute atomic E-state index is 0.0284. The zero-order chi connectivity index (χ0) is 20.4. The SMILES string of the molecule is CC(C)OC1C(O)[C@H](N)O[C@@H]1CSP(=O)(O)OC1C(O)[C@H](N)O[C@@H]1COS. The molecule has 27 heavy (non-hydrogen) atoms. The lowest BCUT2D eigenvalue weighted by molar-refractivity contribution is -0.0603. The molecule has 0 aliphatic carbocycles. The monoisotopic (exact) mass is 450 g/mol. The van der Waals surface area contributed by atoms with Gasteiger partial charge in [0.1, 0.15) is 43.0 Å². The second-order valence-electron chi connectivity index (χ2n) is 6.54. The van der Waals surface area contributed by atoms with E-state index in [0.29, 0.717) is 11.4 Å². The number of nitrogens with two attached hydrogens (primary N) is 2. The Morgan fingerprint density at radius 2 is 1.70 bits per heavy atom. The zero-order valence-corrected chi connectivity index (χ0v) is 17.5. The smallest absolute Gasteiger partial charge is 0.386 e. The van der Waals surface area contributed by atoms with Gasteiger partial charge in [0, 0.05) is 5.75 Å². The van der Waals surface area contributed by atoms with Gasteiger partial charge in [0.25, 0.3) is 0 Å². The normalized spacial score (nSPS) is 42.0. The standard InChI is InChI=1S/C13H27N2O9PS2/c1-5(2)21-10-7(23-12(14)8(10)16)4-27-25(18,19)24-11-6(3-20-26)22-13(15)9(11)17/h5-13,16-17,26H,3-4,14-15H2,1-2H3,(H,18,19)/t6-,7-,8?,9?,10?,11?,12-,13-/m1/s1. The van der Waals surface area contributed by atoms with Crippen molar-refractivity contribution >= 4 is 31.1 Å². The molecule has 2 aliphatic heterocycles. The van der Waals surface area contributed by atoms with Crippen molar-refractivity contribution in [3.05, 3.63) is 0 Å². The number of ether oxygens (including phenoxy) is 3. The number of thiol groups is 1. The molecule has 11 nitrogen and oxygen atoms in total. The molecule has 0 bridgehead atoms. The first-order chi connectivity index (χ1) is 12.6. The molecule has 9 atom stereocenters. The molecule has 5 unspecified atom stereocenters. The van der Waals surface area contributed by atoms with Crippen LogP contribution in [0.15, 0.2) is 0 Å². The maximum atomic E-state index is 12.5. The summed E-state index contributed by atoms with van der Waals surface area (Å²) in [7, 11) is 0. The number of aliphatic hydroxyl groups is 2. The van der Waals surface area contributed by atoms with Gasteiger partial charge in [-0.1, -0.05) is 0 Å². The zero-order valence-electron chi connectivity index (χ0n) is 14.9. The van der Waals surface area contributed by atoms with Crippen LogP contribution in [-0.4, -0.2) is 82.6 Å². The molecule has 0 aromatic heterocycles. The fourth-order valence-corrected chi connectivity index (χ4v) is 5.71. The van der Waals surface area contributed by atoms with Crippen molar-refractivity contribution in [3.63, 3.8) is 0 Å². The van der Waals surface area contributed by atoms with E-state index in [9.17, 15) is 19.7 Å². The Hall–Kier alpha value is 0.530. The summed E-state index contributed by atoms with van der Waals surface area (Å²) in [5.41, 5.74) is 11.3. The van der Waals surface area contributed by atoms with E-state index < -0.39 is 55.9 Å². The van der Waals surface area contributed by atoms with Crippen LogP contribution in [0.25, 0.3) is 0 Å². The van der Waals surface area contributed by atoms with E-state index in [1.54, 1.807) is 13.8 Å². The van der Waals surface area contributed by atoms with Gasteiger partial charge in [0.05, 0.1) is 18.8 Å². The van der Waals surface area contributed by atoms with Gasteiger partial charge in [-0.15, -0.1) is 0 Å². The summed E-state index contributed by atoms with van der Waals surface area (Å²) in [6, 6.07) is 0. The largest absolute Gasteiger partial charge is 0.387 e.